The number of hydrazine groups is 1. The Kier molecular flexibility index (Phi) is 1.64. The third kappa shape index (κ3) is 0.944. The maximum Gasteiger partial charge on any atom is 0.0717 e. The fourth-order valence-corrected chi connectivity index (χ4v) is 1.82. The zero-order valence-electron chi connectivity index (χ0n) is 6.34. The molecule has 3 rings (SSSR count). The summed E-state index contributed by atoms with van der Waals surface area (Å²) in [6.45, 7) is 1.99. The standard InChI is InChI=1S/C7H14N2O/c1-8-9-4-7-3-2-6(9)5-10-7/h6-8H,2-5H2,1H3/t6-,7-/m1/s1. The van der Waals surface area contributed by atoms with Gasteiger partial charge in [-0.1, -0.05) is 0 Å². The SMILES string of the molecule is CNN1C[C@H]2CC[C@@H]1CO2. The summed E-state index contributed by atoms with van der Waals surface area (Å²) >= 11 is 0. The van der Waals surface area contributed by atoms with E-state index in [1.165, 1.54) is 12.8 Å². The van der Waals surface area contributed by atoms with Gasteiger partial charge in [-0.05, 0) is 19.9 Å². The summed E-state index contributed by atoms with van der Waals surface area (Å²) in [4.78, 5) is 0. The van der Waals surface area contributed by atoms with Crippen LogP contribution in [0, 0.1) is 0 Å². The molecule has 10 heavy (non-hydrogen) atoms. The minimum absolute atomic E-state index is 0.498. The summed E-state index contributed by atoms with van der Waals surface area (Å²) in [5, 5.41) is 2.29. The molecule has 0 aromatic carbocycles. The van der Waals surface area contributed by atoms with Crippen LogP contribution in [-0.4, -0.2) is 37.4 Å². The molecule has 3 fully saturated rings. The smallest absolute Gasteiger partial charge is 0.0717 e. The first-order valence-electron chi connectivity index (χ1n) is 3.96. The minimum Gasteiger partial charge on any atom is -0.375 e. The highest BCUT2D eigenvalue weighted by atomic mass is 16.5. The Morgan fingerprint density at radius 3 is 2.70 bits per heavy atom. The van der Waals surface area contributed by atoms with E-state index in [-0.39, 0.29) is 0 Å². The molecule has 3 nitrogen and oxygen atoms in total. The Bertz CT molecular complexity index is 121. The molecule has 0 aromatic heterocycles. The van der Waals surface area contributed by atoms with E-state index in [4.69, 9.17) is 4.74 Å². The van der Waals surface area contributed by atoms with Crippen molar-refractivity contribution < 1.29 is 4.74 Å². The Balaban J connectivity index is 2.01. The van der Waals surface area contributed by atoms with Crippen molar-refractivity contribution in [3.8, 4) is 0 Å². The zero-order valence-corrected chi connectivity index (χ0v) is 6.34. The van der Waals surface area contributed by atoms with Gasteiger partial charge in [0.15, 0.2) is 0 Å². The van der Waals surface area contributed by atoms with Crippen LogP contribution in [-0.2, 0) is 4.74 Å². The van der Waals surface area contributed by atoms with Gasteiger partial charge < -0.3 is 4.74 Å². The molecule has 3 aliphatic rings. The van der Waals surface area contributed by atoms with E-state index in [0.717, 1.165) is 13.2 Å². The van der Waals surface area contributed by atoms with E-state index in [1.54, 1.807) is 0 Å². The normalized spacial score (nSPS) is 40.5. The second-order valence-electron chi connectivity index (χ2n) is 3.06. The molecular formula is C7H14N2O. The molecule has 2 bridgehead atoms. The average molecular weight is 142 g/mol. The summed E-state index contributed by atoms with van der Waals surface area (Å²) in [7, 11) is 1.99. The molecule has 2 atom stereocenters. The van der Waals surface area contributed by atoms with Crippen molar-refractivity contribution >= 4 is 0 Å². The number of piperidine rings is 1. The highest BCUT2D eigenvalue weighted by molar-refractivity contribution is 4.84. The summed E-state index contributed by atoms with van der Waals surface area (Å²) in [5.41, 5.74) is 3.19. The van der Waals surface area contributed by atoms with Gasteiger partial charge >= 0.3 is 0 Å². The topological polar surface area (TPSA) is 24.5 Å². The van der Waals surface area contributed by atoms with Crippen molar-refractivity contribution in [1.82, 2.24) is 10.4 Å². The Hall–Kier alpha value is -0.120. The van der Waals surface area contributed by atoms with E-state index in [0.29, 0.717) is 12.1 Å². The predicted octanol–water partition coefficient (Wildman–Crippen LogP) is -0.0160. The van der Waals surface area contributed by atoms with Gasteiger partial charge in [-0.25, -0.2) is 5.01 Å². The first-order valence-corrected chi connectivity index (χ1v) is 3.96. The second-order valence-corrected chi connectivity index (χ2v) is 3.06. The van der Waals surface area contributed by atoms with Gasteiger partial charge in [-0.3, -0.25) is 5.43 Å². The summed E-state index contributed by atoms with van der Waals surface area (Å²) in [5.74, 6) is 0. The first-order chi connectivity index (χ1) is 4.90. The molecule has 3 heterocycles. The highest BCUT2D eigenvalue weighted by Gasteiger charge is 2.33. The molecular weight excluding hydrogens is 128 g/mol. The van der Waals surface area contributed by atoms with E-state index in [2.05, 4.69) is 10.4 Å². The Morgan fingerprint density at radius 2 is 2.40 bits per heavy atom. The molecule has 1 N–H and O–H groups in total. The van der Waals surface area contributed by atoms with Crippen LogP contribution in [0.5, 0.6) is 0 Å². The van der Waals surface area contributed by atoms with Crippen LogP contribution >= 0.6 is 0 Å². The average Bonchev–Trinajstić information content (AvgIpc) is 2.06. The third-order valence-electron chi connectivity index (χ3n) is 2.47. The molecule has 0 aliphatic carbocycles. The van der Waals surface area contributed by atoms with Gasteiger partial charge in [0.05, 0.1) is 12.7 Å². The summed E-state index contributed by atoms with van der Waals surface area (Å²) in [6.07, 6.45) is 3.05. The lowest BCUT2D eigenvalue weighted by atomic mass is 9.99. The summed E-state index contributed by atoms with van der Waals surface area (Å²) in [6, 6.07) is 0.634. The summed E-state index contributed by atoms with van der Waals surface area (Å²) < 4.78 is 5.53. The zero-order chi connectivity index (χ0) is 6.97. The second kappa shape index (κ2) is 2.49. The van der Waals surface area contributed by atoms with Crippen LogP contribution in [0.25, 0.3) is 0 Å². The van der Waals surface area contributed by atoms with Crippen molar-refractivity contribution in [3.05, 3.63) is 0 Å². The van der Waals surface area contributed by atoms with Crippen molar-refractivity contribution in [3.63, 3.8) is 0 Å². The van der Waals surface area contributed by atoms with Crippen LogP contribution in [0.3, 0.4) is 0 Å². The minimum atomic E-state index is 0.498. The molecule has 3 heteroatoms. The Morgan fingerprint density at radius 1 is 1.50 bits per heavy atom. The monoisotopic (exact) mass is 142 g/mol. The van der Waals surface area contributed by atoms with Crippen LogP contribution in [0.2, 0.25) is 0 Å². The fraction of sp³-hybridized carbons (Fsp3) is 1.00. The van der Waals surface area contributed by atoms with Crippen LogP contribution in [0.15, 0.2) is 0 Å². The van der Waals surface area contributed by atoms with Crippen molar-refractivity contribution in [1.29, 1.82) is 0 Å². The lowest BCUT2D eigenvalue weighted by molar-refractivity contribution is -0.121. The number of morpholine rings is 1. The van der Waals surface area contributed by atoms with Gasteiger partial charge in [0.1, 0.15) is 0 Å². The van der Waals surface area contributed by atoms with E-state index in [9.17, 15) is 0 Å². The van der Waals surface area contributed by atoms with Crippen LogP contribution in [0.4, 0.5) is 0 Å². The molecule has 0 amide bonds. The quantitative estimate of drug-likeness (QED) is 0.557. The van der Waals surface area contributed by atoms with E-state index in [1.807, 2.05) is 7.05 Å². The largest absolute Gasteiger partial charge is 0.375 e. The molecule has 0 aromatic rings. The van der Waals surface area contributed by atoms with Gasteiger partial charge in [0.25, 0.3) is 0 Å². The van der Waals surface area contributed by atoms with Crippen molar-refractivity contribution in [2.24, 2.45) is 0 Å². The number of nitrogens with zero attached hydrogens (tertiary/aromatic N) is 1. The predicted molar refractivity (Wildman–Crippen MR) is 38.5 cm³/mol. The molecule has 0 radical (unpaired) electrons. The lowest BCUT2D eigenvalue weighted by Crippen LogP contribution is -2.58. The third-order valence-corrected chi connectivity index (χ3v) is 2.47. The Labute approximate surface area is 61.3 Å². The molecule has 0 spiro atoms. The van der Waals surface area contributed by atoms with Gasteiger partial charge in [0, 0.05) is 12.6 Å². The van der Waals surface area contributed by atoms with Gasteiger partial charge in [-0.15, -0.1) is 0 Å². The maximum atomic E-state index is 5.53. The van der Waals surface area contributed by atoms with Crippen molar-refractivity contribution in [2.45, 2.75) is 25.0 Å². The maximum absolute atomic E-state index is 5.53. The lowest BCUT2D eigenvalue weighted by Gasteiger charge is -2.44. The molecule has 3 saturated heterocycles. The highest BCUT2D eigenvalue weighted by Crippen LogP contribution is 2.23. The fourth-order valence-electron chi connectivity index (χ4n) is 1.82. The van der Waals surface area contributed by atoms with Crippen molar-refractivity contribution in [2.75, 3.05) is 20.2 Å². The van der Waals surface area contributed by atoms with E-state index < -0.39 is 0 Å². The first kappa shape index (κ1) is 6.58. The number of fused-ring (bicyclic) bond motifs is 3. The number of ether oxygens (including phenoxy) is 1. The van der Waals surface area contributed by atoms with Gasteiger partial charge in [0.2, 0.25) is 0 Å². The number of nitrogens with one attached hydrogen (secondary N) is 1. The number of hydrogen-bond acceptors (Lipinski definition) is 3. The number of hydrogen-bond donors (Lipinski definition) is 1. The molecule has 3 aliphatic heterocycles. The number of rotatable bonds is 1. The van der Waals surface area contributed by atoms with Gasteiger partial charge in [-0.2, -0.15) is 0 Å². The van der Waals surface area contributed by atoms with Crippen LogP contribution in [0.1, 0.15) is 12.8 Å². The molecule has 0 unspecified atom stereocenters. The molecule has 0 saturated carbocycles. The van der Waals surface area contributed by atoms with E-state index >= 15 is 0 Å². The molecule has 58 valence electrons. The van der Waals surface area contributed by atoms with Crippen LogP contribution < -0.4 is 5.43 Å².